The summed E-state index contributed by atoms with van der Waals surface area (Å²) in [6, 6.07) is 3.59. The Bertz CT molecular complexity index is 514. The Morgan fingerprint density at radius 1 is 1.32 bits per heavy atom. The van der Waals surface area contributed by atoms with Gasteiger partial charge in [-0.05, 0) is 37.3 Å². The van der Waals surface area contributed by atoms with E-state index in [0.717, 1.165) is 18.4 Å². The number of carboxylic acids is 1. The minimum Gasteiger partial charge on any atom is -0.480 e. The van der Waals surface area contributed by atoms with Gasteiger partial charge in [0.1, 0.15) is 19.3 Å². The molecule has 22 heavy (non-hydrogen) atoms. The maximum atomic E-state index is 11.5. The average Bonchev–Trinajstić information content (AvgIpc) is 2.98. The van der Waals surface area contributed by atoms with Crippen LogP contribution in [0.5, 0.6) is 5.88 Å². The molecule has 0 spiro atoms. The summed E-state index contributed by atoms with van der Waals surface area (Å²) >= 11 is 0. The molecule has 1 heterocycles. The molecule has 1 aromatic rings. The Balaban J connectivity index is 1.75. The van der Waals surface area contributed by atoms with Crippen molar-refractivity contribution in [3.63, 3.8) is 0 Å². The van der Waals surface area contributed by atoms with Gasteiger partial charge in [-0.2, -0.15) is 0 Å². The van der Waals surface area contributed by atoms with E-state index in [-0.39, 0.29) is 18.6 Å². The van der Waals surface area contributed by atoms with Gasteiger partial charge in [0, 0.05) is 18.8 Å². The fourth-order valence-electron chi connectivity index (χ4n) is 2.28. The number of carboxylic acid groups (broad SMARTS) is 1. The van der Waals surface area contributed by atoms with E-state index in [1.54, 1.807) is 18.3 Å². The van der Waals surface area contributed by atoms with Crippen LogP contribution < -0.4 is 10.1 Å². The minimum atomic E-state index is -1.10. The van der Waals surface area contributed by atoms with Crippen molar-refractivity contribution in [1.29, 1.82) is 0 Å². The van der Waals surface area contributed by atoms with Crippen molar-refractivity contribution in [2.75, 3.05) is 13.2 Å². The lowest BCUT2D eigenvalue weighted by Crippen LogP contribution is -2.28. The number of aromatic nitrogens is 1. The average molecular weight is 308 g/mol. The molecule has 0 radical (unpaired) electrons. The van der Waals surface area contributed by atoms with E-state index in [2.05, 4.69) is 10.3 Å². The van der Waals surface area contributed by atoms with Crippen LogP contribution >= 0.6 is 0 Å². The summed E-state index contributed by atoms with van der Waals surface area (Å²) in [7, 11) is 0. The van der Waals surface area contributed by atoms with Crippen molar-refractivity contribution in [2.45, 2.75) is 38.3 Å². The van der Waals surface area contributed by atoms with Gasteiger partial charge in [0.2, 0.25) is 11.8 Å². The largest absolute Gasteiger partial charge is 0.480 e. The number of nitrogens with zero attached hydrogens (tertiary/aromatic N) is 1. The summed E-state index contributed by atoms with van der Waals surface area (Å²) in [6.07, 6.45) is 6.38. The molecule has 7 heteroatoms. The molecule has 0 saturated heterocycles. The normalized spacial score (nSPS) is 14.7. The molecule has 1 amide bonds. The first-order valence-electron chi connectivity index (χ1n) is 7.31. The van der Waals surface area contributed by atoms with E-state index in [4.69, 9.17) is 14.6 Å². The van der Waals surface area contributed by atoms with Gasteiger partial charge in [0.05, 0.1) is 0 Å². The quantitative estimate of drug-likeness (QED) is 0.747. The lowest BCUT2D eigenvalue weighted by Gasteiger charge is -2.13. The number of hydrogen-bond acceptors (Lipinski definition) is 5. The van der Waals surface area contributed by atoms with Crippen molar-refractivity contribution < 1.29 is 24.2 Å². The molecule has 7 nitrogen and oxygen atoms in total. The predicted octanol–water partition coefficient (Wildman–Crippen LogP) is 1.12. The molecule has 1 aliphatic rings. The van der Waals surface area contributed by atoms with Crippen molar-refractivity contribution in [2.24, 2.45) is 0 Å². The molecular formula is C15H20N2O5. The predicted molar refractivity (Wildman–Crippen MR) is 77.4 cm³/mol. The fourth-order valence-corrected chi connectivity index (χ4v) is 2.28. The third kappa shape index (κ3) is 5.69. The second-order valence-corrected chi connectivity index (χ2v) is 5.19. The highest BCUT2D eigenvalue weighted by Crippen LogP contribution is 2.23. The number of hydrogen-bond donors (Lipinski definition) is 2. The van der Waals surface area contributed by atoms with Crippen LogP contribution in [0.25, 0.3) is 0 Å². The van der Waals surface area contributed by atoms with Crippen molar-refractivity contribution in [1.82, 2.24) is 10.3 Å². The molecular weight excluding hydrogens is 288 g/mol. The number of carbonyl (C=O) groups is 2. The van der Waals surface area contributed by atoms with Gasteiger partial charge < -0.3 is 19.9 Å². The van der Waals surface area contributed by atoms with E-state index in [9.17, 15) is 9.59 Å². The molecule has 2 rings (SSSR count). The summed E-state index contributed by atoms with van der Waals surface area (Å²) in [6.45, 7) is -0.441. The topological polar surface area (TPSA) is 97.8 Å². The van der Waals surface area contributed by atoms with Gasteiger partial charge in [-0.25, -0.2) is 9.78 Å². The smallest absolute Gasteiger partial charge is 0.329 e. The summed E-state index contributed by atoms with van der Waals surface area (Å²) in [5.41, 5.74) is 0.870. The number of rotatable bonds is 8. The molecule has 0 bridgehead atoms. The Labute approximate surface area is 128 Å². The maximum Gasteiger partial charge on any atom is 0.329 e. The third-order valence-corrected chi connectivity index (χ3v) is 3.34. The molecule has 0 unspecified atom stereocenters. The second-order valence-electron chi connectivity index (χ2n) is 5.19. The van der Waals surface area contributed by atoms with Crippen LogP contribution in [0.3, 0.4) is 0 Å². The summed E-state index contributed by atoms with van der Waals surface area (Å²) in [5.74, 6) is -0.896. The lowest BCUT2D eigenvalue weighted by atomic mass is 10.2. The SMILES string of the molecule is O=C(O)COCC(=O)NCc1ccnc(OC2CCCC2)c1. The number of pyridine rings is 1. The molecule has 1 fully saturated rings. The highest BCUT2D eigenvalue weighted by Gasteiger charge is 2.17. The standard InChI is InChI=1S/C15H20N2O5/c18-13(9-21-10-15(19)20)17-8-11-5-6-16-14(7-11)22-12-3-1-2-4-12/h5-7,12H,1-4,8-10H2,(H,17,18)(H,19,20). The van der Waals surface area contributed by atoms with Crippen molar-refractivity contribution in [3.8, 4) is 5.88 Å². The number of nitrogens with one attached hydrogen (secondary N) is 1. The van der Waals surface area contributed by atoms with Gasteiger partial charge in [0.15, 0.2) is 0 Å². The number of amides is 1. The highest BCUT2D eigenvalue weighted by atomic mass is 16.5. The Morgan fingerprint density at radius 2 is 2.09 bits per heavy atom. The van der Waals surface area contributed by atoms with Gasteiger partial charge in [-0.3, -0.25) is 4.79 Å². The number of aliphatic carboxylic acids is 1. The van der Waals surface area contributed by atoms with Gasteiger partial charge >= 0.3 is 5.97 Å². The van der Waals surface area contributed by atoms with E-state index in [0.29, 0.717) is 12.4 Å². The fraction of sp³-hybridized carbons (Fsp3) is 0.533. The lowest BCUT2D eigenvalue weighted by molar-refractivity contribution is -0.143. The molecule has 1 saturated carbocycles. The molecule has 0 atom stereocenters. The molecule has 1 aromatic heterocycles. The molecule has 0 aromatic carbocycles. The molecule has 1 aliphatic carbocycles. The van der Waals surface area contributed by atoms with Gasteiger partial charge in [-0.1, -0.05) is 0 Å². The van der Waals surface area contributed by atoms with Crippen LogP contribution in [-0.4, -0.2) is 41.3 Å². The third-order valence-electron chi connectivity index (χ3n) is 3.34. The van der Waals surface area contributed by atoms with Gasteiger partial charge in [-0.15, -0.1) is 0 Å². The van der Waals surface area contributed by atoms with E-state index in [1.165, 1.54) is 12.8 Å². The minimum absolute atomic E-state index is 0.238. The number of ether oxygens (including phenoxy) is 2. The zero-order valence-electron chi connectivity index (χ0n) is 12.3. The summed E-state index contributed by atoms with van der Waals surface area (Å²) in [5, 5.41) is 11.1. The summed E-state index contributed by atoms with van der Waals surface area (Å²) in [4.78, 5) is 25.9. The Kier molecular flexibility index (Phi) is 6.14. The first-order valence-corrected chi connectivity index (χ1v) is 7.31. The van der Waals surface area contributed by atoms with Crippen LogP contribution in [0.1, 0.15) is 31.2 Å². The van der Waals surface area contributed by atoms with Crippen LogP contribution in [0.2, 0.25) is 0 Å². The molecule has 0 aliphatic heterocycles. The molecule has 120 valence electrons. The summed E-state index contributed by atoms with van der Waals surface area (Å²) < 4.78 is 10.5. The highest BCUT2D eigenvalue weighted by molar-refractivity contribution is 5.77. The van der Waals surface area contributed by atoms with E-state index < -0.39 is 12.6 Å². The Hall–Kier alpha value is -2.15. The molecule has 2 N–H and O–H groups in total. The number of carbonyl (C=O) groups excluding carboxylic acids is 1. The maximum absolute atomic E-state index is 11.5. The first-order chi connectivity index (χ1) is 10.6. The van der Waals surface area contributed by atoms with Gasteiger partial charge in [0.25, 0.3) is 0 Å². The first kappa shape index (κ1) is 16.2. The van der Waals surface area contributed by atoms with Crippen LogP contribution in [0, 0.1) is 0 Å². The van der Waals surface area contributed by atoms with Crippen LogP contribution in [-0.2, 0) is 20.9 Å². The zero-order valence-corrected chi connectivity index (χ0v) is 12.3. The monoisotopic (exact) mass is 308 g/mol. The van der Waals surface area contributed by atoms with E-state index >= 15 is 0 Å². The Morgan fingerprint density at radius 3 is 2.82 bits per heavy atom. The zero-order chi connectivity index (χ0) is 15.8. The van der Waals surface area contributed by atoms with Crippen molar-refractivity contribution in [3.05, 3.63) is 23.9 Å². The second kappa shape index (κ2) is 8.33. The van der Waals surface area contributed by atoms with E-state index in [1.807, 2.05) is 0 Å². The van der Waals surface area contributed by atoms with Crippen molar-refractivity contribution >= 4 is 11.9 Å². The van der Waals surface area contributed by atoms with Crippen LogP contribution in [0.4, 0.5) is 0 Å². The van der Waals surface area contributed by atoms with Crippen LogP contribution in [0.15, 0.2) is 18.3 Å².